The van der Waals surface area contributed by atoms with Gasteiger partial charge in [-0.25, -0.2) is 9.67 Å². The molecule has 3 rings (SSSR count). The fraction of sp³-hybridized carbons (Fsp3) is 0.294. The maximum Gasteiger partial charge on any atom is 0.264 e. The minimum atomic E-state index is -0.272. The second-order valence-corrected chi connectivity index (χ2v) is 5.61. The molecule has 0 unspecified atom stereocenters. The van der Waals surface area contributed by atoms with Gasteiger partial charge in [-0.05, 0) is 25.0 Å². The Kier molecular flexibility index (Phi) is 4.41. The fourth-order valence-corrected chi connectivity index (χ4v) is 2.51. The second-order valence-electron chi connectivity index (χ2n) is 5.61. The molecule has 1 amide bonds. The molecular weight excluding hydrogens is 306 g/mol. The highest BCUT2D eigenvalue weighted by molar-refractivity contribution is 5.78. The summed E-state index contributed by atoms with van der Waals surface area (Å²) in [5.74, 6) is -0.202. The van der Waals surface area contributed by atoms with Crippen molar-refractivity contribution in [1.82, 2.24) is 24.6 Å². The van der Waals surface area contributed by atoms with E-state index in [1.54, 1.807) is 4.68 Å². The zero-order valence-electron chi connectivity index (χ0n) is 13.7. The highest BCUT2D eigenvalue weighted by Gasteiger charge is 2.13. The van der Waals surface area contributed by atoms with Crippen LogP contribution < -0.4 is 10.9 Å². The lowest BCUT2D eigenvalue weighted by molar-refractivity contribution is -0.121. The van der Waals surface area contributed by atoms with Crippen molar-refractivity contribution < 1.29 is 4.79 Å². The Morgan fingerprint density at radius 3 is 2.83 bits per heavy atom. The minimum absolute atomic E-state index is 0.0443. The van der Waals surface area contributed by atoms with Crippen molar-refractivity contribution in [2.45, 2.75) is 26.8 Å². The SMILES string of the molecule is CCCNC(=O)Cn1cnc2c(cnn2-c2ccccc2C)c1=O. The molecule has 7 nitrogen and oxygen atoms in total. The lowest BCUT2D eigenvalue weighted by Crippen LogP contribution is -2.32. The van der Waals surface area contributed by atoms with E-state index in [0.717, 1.165) is 17.7 Å². The Morgan fingerprint density at radius 2 is 2.08 bits per heavy atom. The molecule has 0 bridgehead atoms. The molecule has 0 saturated carbocycles. The van der Waals surface area contributed by atoms with Crippen molar-refractivity contribution in [2.24, 2.45) is 0 Å². The van der Waals surface area contributed by atoms with Gasteiger partial charge in [-0.15, -0.1) is 0 Å². The molecular formula is C17H19N5O2. The van der Waals surface area contributed by atoms with Gasteiger partial charge < -0.3 is 5.32 Å². The number of carbonyl (C=O) groups excluding carboxylic acids is 1. The first-order valence-electron chi connectivity index (χ1n) is 7.87. The molecule has 0 fully saturated rings. The maximum atomic E-state index is 12.6. The van der Waals surface area contributed by atoms with Crippen molar-refractivity contribution in [3.8, 4) is 5.69 Å². The summed E-state index contributed by atoms with van der Waals surface area (Å²) in [6.45, 7) is 4.49. The molecule has 2 heterocycles. The number of rotatable bonds is 5. The monoisotopic (exact) mass is 325 g/mol. The van der Waals surface area contributed by atoms with Gasteiger partial charge in [0.2, 0.25) is 5.91 Å². The third-order valence-corrected chi connectivity index (χ3v) is 3.78. The van der Waals surface area contributed by atoms with E-state index < -0.39 is 0 Å². The molecule has 1 N–H and O–H groups in total. The van der Waals surface area contributed by atoms with E-state index in [9.17, 15) is 9.59 Å². The van der Waals surface area contributed by atoms with Crippen molar-refractivity contribution in [1.29, 1.82) is 0 Å². The standard InChI is InChI=1S/C17H19N5O2/c1-3-8-18-15(23)10-21-11-19-16-13(17(21)24)9-20-22(16)14-7-5-4-6-12(14)2/h4-7,9,11H,3,8,10H2,1-2H3,(H,18,23). The number of nitrogens with one attached hydrogen (secondary N) is 1. The van der Waals surface area contributed by atoms with Crippen LogP contribution >= 0.6 is 0 Å². The number of amides is 1. The Bertz CT molecular complexity index is 942. The van der Waals surface area contributed by atoms with Crippen LogP contribution in [0.2, 0.25) is 0 Å². The molecule has 2 aromatic heterocycles. The number of benzene rings is 1. The molecule has 7 heteroatoms. The summed E-state index contributed by atoms with van der Waals surface area (Å²) < 4.78 is 2.95. The number of hydrogen-bond donors (Lipinski definition) is 1. The number of aromatic nitrogens is 4. The normalized spacial score (nSPS) is 10.9. The summed E-state index contributed by atoms with van der Waals surface area (Å²) in [4.78, 5) is 28.7. The van der Waals surface area contributed by atoms with Crippen molar-refractivity contribution in [2.75, 3.05) is 6.54 Å². The number of fused-ring (bicyclic) bond motifs is 1. The topological polar surface area (TPSA) is 81.8 Å². The highest BCUT2D eigenvalue weighted by Crippen LogP contribution is 2.16. The highest BCUT2D eigenvalue weighted by atomic mass is 16.2. The first-order chi connectivity index (χ1) is 11.6. The van der Waals surface area contributed by atoms with E-state index in [1.807, 2.05) is 38.1 Å². The molecule has 0 aliphatic carbocycles. The van der Waals surface area contributed by atoms with Gasteiger partial charge in [0.15, 0.2) is 5.65 Å². The van der Waals surface area contributed by atoms with Crippen LogP contribution in [0.4, 0.5) is 0 Å². The van der Waals surface area contributed by atoms with Crippen LogP contribution in [0.15, 0.2) is 41.6 Å². The molecule has 0 aliphatic heterocycles. The van der Waals surface area contributed by atoms with Crippen LogP contribution in [0.1, 0.15) is 18.9 Å². The summed E-state index contributed by atoms with van der Waals surface area (Å²) in [7, 11) is 0. The summed E-state index contributed by atoms with van der Waals surface area (Å²) in [5, 5.41) is 7.44. The van der Waals surface area contributed by atoms with Crippen LogP contribution in [0, 0.1) is 6.92 Å². The van der Waals surface area contributed by atoms with Gasteiger partial charge in [0.1, 0.15) is 18.3 Å². The van der Waals surface area contributed by atoms with Crippen LogP contribution in [-0.4, -0.2) is 31.8 Å². The maximum absolute atomic E-state index is 12.6. The predicted octanol–water partition coefficient (Wildman–Crippen LogP) is 1.42. The van der Waals surface area contributed by atoms with Crippen molar-refractivity contribution in [3.63, 3.8) is 0 Å². The number of nitrogens with zero attached hydrogens (tertiary/aromatic N) is 4. The van der Waals surface area contributed by atoms with Gasteiger partial charge in [-0.3, -0.25) is 14.2 Å². The van der Waals surface area contributed by atoms with E-state index >= 15 is 0 Å². The molecule has 1 aromatic carbocycles. The summed E-state index contributed by atoms with van der Waals surface area (Å²) in [6, 6.07) is 7.75. The third kappa shape index (κ3) is 2.92. The van der Waals surface area contributed by atoms with Crippen LogP contribution in [0.3, 0.4) is 0 Å². The van der Waals surface area contributed by atoms with Crippen molar-refractivity contribution in [3.05, 3.63) is 52.7 Å². The summed E-state index contributed by atoms with van der Waals surface area (Å²) in [5.41, 5.74) is 2.12. The largest absolute Gasteiger partial charge is 0.355 e. The second kappa shape index (κ2) is 6.66. The third-order valence-electron chi connectivity index (χ3n) is 3.78. The van der Waals surface area contributed by atoms with Crippen LogP contribution in [-0.2, 0) is 11.3 Å². The zero-order chi connectivity index (χ0) is 17.1. The molecule has 3 aromatic rings. The minimum Gasteiger partial charge on any atom is -0.355 e. The first-order valence-corrected chi connectivity index (χ1v) is 7.87. The van der Waals surface area contributed by atoms with E-state index in [0.29, 0.717) is 17.6 Å². The molecule has 124 valence electrons. The fourth-order valence-electron chi connectivity index (χ4n) is 2.51. The zero-order valence-corrected chi connectivity index (χ0v) is 13.7. The molecule has 0 radical (unpaired) electrons. The number of carbonyl (C=O) groups is 1. The van der Waals surface area contributed by atoms with Crippen LogP contribution in [0.5, 0.6) is 0 Å². The van der Waals surface area contributed by atoms with Gasteiger partial charge >= 0.3 is 0 Å². The lowest BCUT2D eigenvalue weighted by Gasteiger charge is -2.08. The number of hydrogen-bond acceptors (Lipinski definition) is 4. The van der Waals surface area contributed by atoms with Gasteiger partial charge in [0.05, 0.1) is 11.9 Å². The predicted molar refractivity (Wildman–Crippen MR) is 91.2 cm³/mol. The first kappa shape index (κ1) is 15.9. The lowest BCUT2D eigenvalue weighted by atomic mass is 10.2. The average molecular weight is 325 g/mol. The molecule has 0 aliphatic rings. The van der Waals surface area contributed by atoms with Gasteiger partial charge in [-0.2, -0.15) is 5.10 Å². The van der Waals surface area contributed by atoms with E-state index in [1.165, 1.54) is 17.1 Å². The molecule has 0 spiro atoms. The number of para-hydroxylation sites is 1. The average Bonchev–Trinajstić information content (AvgIpc) is 3.00. The van der Waals surface area contributed by atoms with E-state index in [4.69, 9.17) is 0 Å². The summed E-state index contributed by atoms with van der Waals surface area (Å²) >= 11 is 0. The van der Waals surface area contributed by atoms with E-state index in [2.05, 4.69) is 15.4 Å². The van der Waals surface area contributed by atoms with E-state index in [-0.39, 0.29) is 18.0 Å². The van der Waals surface area contributed by atoms with Gasteiger partial charge in [0.25, 0.3) is 5.56 Å². The van der Waals surface area contributed by atoms with Crippen molar-refractivity contribution >= 4 is 16.9 Å². The van der Waals surface area contributed by atoms with Gasteiger partial charge in [-0.1, -0.05) is 25.1 Å². The molecule has 0 saturated heterocycles. The Hall–Kier alpha value is -2.96. The Balaban J connectivity index is 1.99. The van der Waals surface area contributed by atoms with Gasteiger partial charge in [0, 0.05) is 6.54 Å². The molecule has 24 heavy (non-hydrogen) atoms. The summed E-state index contributed by atoms with van der Waals surface area (Å²) in [6.07, 6.45) is 3.74. The quantitative estimate of drug-likeness (QED) is 0.769. The Morgan fingerprint density at radius 1 is 1.29 bits per heavy atom. The Labute approximate surface area is 138 Å². The molecule has 0 atom stereocenters. The van der Waals surface area contributed by atoms with Crippen LogP contribution in [0.25, 0.3) is 16.7 Å². The number of aryl methyl sites for hydroxylation is 1. The smallest absolute Gasteiger partial charge is 0.264 e.